The van der Waals surface area contributed by atoms with Gasteiger partial charge in [0.05, 0.1) is 26.1 Å². The van der Waals surface area contributed by atoms with Crippen molar-refractivity contribution in [2.45, 2.75) is 26.2 Å². The second-order valence-electron chi connectivity index (χ2n) is 6.14. The molecule has 1 unspecified atom stereocenters. The average molecular weight is 321 g/mol. The van der Waals surface area contributed by atoms with Crippen LogP contribution in [0.15, 0.2) is 18.2 Å². The molecule has 2 rings (SSSR count). The molecule has 1 aliphatic heterocycles. The second-order valence-corrected chi connectivity index (χ2v) is 6.14. The number of methoxy groups -OCH3 is 2. The summed E-state index contributed by atoms with van der Waals surface area (Å²) in [4.78, 5) is 25.6. The van der Waals surface area contributed by atoms with Crippen LogP contribution in [-0.4, -0.2) is 49.2 Å². The molecule has 1 amide bonds. The summed E-state index contributed by atoms with van der Waals surface area (Å²) in [6.07, 6.45) is 1.45. The minimum atomic E-state index is -0.869. The van der Waals surface area contributed by atoms with Crippen LogP contribution in [0.1, 0.15) is 25.3 Å². The van der Waals surface area contributed by atoms with Gasteiger partial charge in [0.25, 0.3) is 0 Å². The monoisotopic (exact) mass is 321 g/mol. The number of rotatable bonds is 5. The van der Waals surface area contributed by atoms with Gasteiger partial charge in [0.15, 0.2) is 0 Å². The molecule has 1 aliphatic rings. The lowest BCUT2D eigenvalue weighted by Gasteiger charge is -2.37. The van der Waals surface area contributed by atoms with Gasteiger partial charge in [-0.15, -0.1) is 0 Å². The van der Waals surface area contributed by atoms with E-state index >= 15 is 0 Å². The van der Waals surface area contributed by atoms with Crippen LogP contribution in [0.3, 0.4) is 0 Å². The predicted octanol–water partition coefficient (Wildman–Crippen LogP) is 1.96. The zero-order chi connectivity index (χ0) is 17.0. The van der Waals surface area contributed by atoms with E-state index in [-0.39, 0.29) is 18.9 Å². The van der Waals surface area contributed by atoms with Gasteiger partial charge in [-0.3, -0.25) is 9.59 Å². The number of amides is 1. The Morgan fingerprint density at radius 3 is 2.65 bits per heavy atom. The van der Waals surface area contributed by atoms with Crippen molar-refractivity contribution >= 4 is 11.9 Å². The molecule has 1 saturated heterocycles. The number of nitrogens with zero attached hydrogens (tertiary/aromatic N) is 1. The van der Waals surface area contributed by atoms with Crippen molar-refractivity contribution in [1.29, 1.82) is 0 Å². The van der Waals surface area contributed by atoms with Crippen molar-refractivity contribution < 1.29 is 24.2 Å². The normalized spacial score (nSPS) is 20.9. The van der Waals surface area contributed by atoms with Crippen molar-refractivity contribution in [3.05, 3.63) is 23.8 Å². The van der Waals surface area contributed by atoms with Crippen molar-refractivity contribution in [3.8, 4) is 11.5 Å². The molecular weight excluding hydrogens is 298 g/mol. The molecule has 126 valence electrons. The first-order valence-electron chi connectivity index (χ1n) is 7.61. The highest BCUT2D eigenvalue weighted by Crippen LogP contribution is 2.31. The third-order valence-corrected chi connectivity index (χ3v) is 4.39. The zero-order valence-electron chi connectivity index (χ0n) is 13.8. The summed E-state index contributed by atoms with van der Waals surface area (Å²) in [7, 11) is 3.12. The summed E-state index contributed by atoms with van der Waals surface area (Å²) >= 11 is 0. The maximum absolute atomic E-state index is 12.6. The van der Waals surface area contributed by atoms with E-state index < -0.39 is 11.4 Å². The van der Waals surface area contributed by atoms with E-state index in [0.717, 1.165) is 5.56 Å². The Morgan fingerprint density at radius 2 is 2.04 bits per heavy atom. The Kier molecular flexibility index (Phi) is 5.13. The third-order valence-electron chi connectivity index (χ3n) is 4.39. The highest BCUT2D eigenvalue weighted by Gasteiger charge is 2.39. The number of carbonyl (C=O) groups is 2. The average Bonchev–Trinajstić information content (AvgIpc) is 2.54. The Labute approximate surface area is 136 Å². The van der Waals surface area contributed by atoms with Gasteiger partial charge in [-0.25, -0.2) is 0 Å². The van der Waals surface area contributed by atoms with Gasteiger partial charge in [0.2, 0.25) is 5.91 Å². The fourth-order valence-corrected chi connectivity index (χ4v) is 2.92. The molecule has 0 aliphatic carbocycles. The number of hydrogen-bond acceptors (Lipinski definition) is 4. The van der Waals surface area contributed by atoms with E-state index in [4.69, 9.17) is 9.47 Å². The zero-order valence-corrected chi connectivity index (χ0v) is 13.8. The standard InChI is InChI=1S/C17H23NO5/c1-17(16(20)21)7-4-8-18(11-17)15(19)10-12-9-13(22-2)5-6-14(12)23-3/h5-6,9H,4,7-8,10-11H2,1-3H3,(H,20,21). The quantitative estimate of drug-likeness (QED) is 0.897. The molecule has 1 N–H and O–H groups in total. The molecule has 6 nitrogen and oxygen atoms in total. The molecule has 1 atom stereocenters. The number of carbonyl (C=O) groups excluding carboxylic acids is 1. The van der Waals surface area contributed by atoms with Crippen LogP contribution in [0.2, 0.25) is 0 Å². The molecule has 23 heavy (non-hydrogen) atoms. The number of ether oxygens (including phenoxy) is 2. The molecular formula is C17H23NO5. The van der Waals surface area contributed by atoms with Crippen LogP contribution in [-0.2, 0) is 16.0 Å². The van der Waals surface area contributed by atoms with Crippen LogP contribution < -0.4 is 9.47 Å². The molecule has 0 radical (unpaired) electrons. The molecule has 0 saturated carbocycles. The molecule has 0 aromatic heterocycles. The van der Waals surface area contributed by atoms with Gasteiger partial charge >= 0.3 is 5.97 Å². The maximum Gasteiger partial charge on any atom is 0.311 e. The minimum absolute atomic E-state index is 0.0938. The summed E-state index contributed by atoms with van der Waals surface area (Å²) in [5, 5.41) is 9.36. The van der Waals surface area contributed by atoms with E-state index in [1.54, 1.807) is 44.2 Å². The highest BCUT2D eigenvalue weighted by molar-refractivity contribution is 5.81. The first-order chi connectivity index (χ1) is 10.9. The van der Waals surface area contributed by atoms with Crippen molar-refractivity contribution in [3.63, 3.8) is 0 Å². The van der Waals surface area contributed by atoms with E-state index in [2.05, 4.69) is 0 Å². The van der Waals surface area contributed by atoms with Gasteiger partial charge in [0.1, 0.15) is 11.5 Å². The second kappa shape index (κ2) is 6.89. The van der Waals surface area contributed by atoms with E-state index in [9.17, 15) is 14.7 Å². The fraction of sp³-hybridized carbons (Fsp3) is 0.529. The Bertz CT molecular complexity index is 601. The van der Waals surface area contributed by atoms with Gasteiger partial charge < -0.3 is 19.5 Å². The Hall–Kier alpha value is -2.24. The van der Waals surface area contributed by atoms with Crippen molar-refractivity contribution in [2.75, 3.05) is 27.3 Å². The SMILES string of the molecule is COc1ccc(OC)c(CC(=O)N2CCCC(C)(C(=O)O)C2)c1. The third kappa shape index (κ3) is 3.75. The topological polar surface area (TPSA) is 76.1 Å². The Balaban J connectivity index is 2.14. The van der Waals surface area contributed by atoms with Crippen LogP contribution in [0, 0.1) is 5.41 Å². The van der Waals surface area contributed by atoms with E-state index in [1.807, 2.05) is 0 Å². The van der Waals surface area contributed by atoms with E-state index in [0.29, 0.717) is 30.9 Å². The number of likely N-dealkylation sites (tertiary alicyclic amines) is 1. The number of aliphatic carboxylic acids is 1. The summed E-state index contributed by atoms with van der Waals surface area (Å²) in [5.41, 5.74) is -0.133. The van der Waals surface area contributed by atoms with Gasteiger partial charge in [0, 0.05) is 18.7 Å². The first-order valence-corrected chi connectivity index (χ1v) is 7.61. The smallest absolute Gasteiger partial charge is 0.311 e. The van der Waals surface area contributed by atoms with Crippen molar-refractivity contribution in [1.82, 2.24) is 4.90 Å². The molecule has 1 fully saturated rings. The minimum Gasteiger partial charge on any atom is -0.497 e. The van der Waals surface area contributed by atoms with Gasteiger partial charge in [-0.05, 0) is 38.0 Å². The van der Waals surface area contributed by atoms with Crippen molar-refractivity contribution in [2.24, 2.45) is 5.41 Å². The molecule has 0 spiro atoms. The molecule has 6 heteroatoms. The predicted molar refractivity (Wildman–Crippen MR) is 84.8 cm³/mol. The molecule has 1 aromatic rings. The van der Waals surface area contributed by atoms with E-state index in [1.165, 1.54) is 0 Å². The molecule has 1 heterocycles. The summed E-state index contributed by atoms with van der Waals surface area (Å²) in [5.74, 6) is 0.331. The lowest BCUT2D eigenvalue weighted by molar-refractivity contribution is -0.153. The highest BCUT2D eigenvalue weighted by atomic mass is 16.5. The molecule has 1 aromatic carbocycles. The lowest BCUT2D eigenvalue weighted by Crippen LogP contribution is -2.48. The molecule has 0 bridgehead atoms. The first kappa shape index (κ1) is 17.1. The number of carboxylic acid groups (broad SMARTS) is 1. The fourth-order valence-electron chi connectivity index (χ4n) is 2.92. The van der Waals surface area contributed by atoms with Crippen LogP contribution >= 0.6 is 0 Å². The van der Waals surface area contributed by atoms with Crippen LogP contribution in [0.4, 0.5) is 0 Å². The number of hydrogen-bond donors (Lipinski definition) is 1. The largest absolute Gasteiger partial charge is 0.497 e. The Morgan fingerprint density at radius 1 is 1.30 bits per heavy atom. The number of carboxylic acids is 1. The van der Waals surface area contributed by atoms with Gasteiger partial charge in [-0.1, -0.05) is 0 Å². The lowest BCUT2D eigenvalue weighted by atomic mass is 9.82. The summed E-state index contributed by atoms with van der Waals surface area (Å²) in [6, 6.07) is 5.31. The number of benzene rings is 1. The number of piperidine rings is 1. The van der Waals surface area contributed by atoms with Crippen LogP contribution in [0.25, 0.3) is 0 Å². The summed E-state index contributed by atoms with van der Waals surface area (Å²) in [6.45, 7) is 2.53. The maximum atomic E-state index is 12.6. The van der Waals surface area contributed by atoms with Crippen LogP contribution in [0.5, 0.6) is 11.5 Å². The van der Waals surface area contributed by atoms with Gasteiger partial charge in [-0.2, -0.15) is 0 Å². The summed E-state index contributed by atoms with van der Waals surface area (Å²) < 4.78 is 10.5.